The predicted octanol–water partition coefficient (Wildman–Crippen LogP) is 1.59. The normalized spacial score (nSPS) is 17.9. The number of nitrogen functional groups attached to an aromatic ring is 1. The van der Waals surface area contributed by atoms with E-state index in [9.17, 15) is 4.79 Å². The molecule has 0 bridgehead atoms. The van der Waals surface area contributed by atoms with Crippen LogP contribution in [0.15, 0.2) is 18.2 Å². The number of nitrogens with zero attached hydrogens (tertiary/aromatic N) is 2. The number of carbonyl (C=O) groups is 1. The van der Waals surface area contributed by atoms with E-state index in [4.69, 9.17) is 17.3 Å². The van der Waals surface area contributed by atoms with Crippen LogP contribution < -0.4 is 5.73 Å². The van der Waals surface area contributed by atoms with Crippen molar-refractivity contribution in [3.05, 3.63) is 28.8 Å². The number of rotatable bonds is 2. The minimum atomic E-state index is 0.167. The molecule has 0 atom stereocenters. The monoisotopic (exact) mass is 267 g/mol. The lowest BCUT2D eigenvalue weighted by Gasteiger charge is -2.20. The van der Waals surface area contributed by atoms with Crippen LogP contribution in [0.2, 0.25) is 5.02 Å². The number of benzene rings is 1. The van der Waals surface area contributed by atoms with Crippen LogP contribution in [0.3, 0.4) is 0 Å². The van der Waals surface area contributed by atoms with Gasteiger partial charge in [0.1, 0.15) is 0 Å². The molecule has 0 unspecified atom stereocenters. The fourth-order valence-corrected chi connectivity index (χ4v) is 2.31. The smallest absolute Gasteiger partial charge is 0.236 e. The van der Waals surface area contributed by atoms with Crippen LogP contribution in [-0.4, -0.2) is 42.4 Å². The molecule has 0 radical (unpaired) electrons. The average Bonchev–Trinajstić information content (AvgIpc) is 2.46. The van der Waals surface area contributed by atoms with E-state index >= 15 is 0 Å². The van der Waals surface area contributed by atoms with Crippen LogP contribution in [0.5, 0.6) is 0 Å². The quantitative estimate of drug-likeness (QED) is 0.828. The highest BCUT2D eigenvalue weighted by Gasteiger charge is 2.19. The summed E-state index contributed by atoms with van der Waals surface area (Å²) in [4.78, 5) is 15.7. The van der Waals surface area contributed by atoms with Crippen molar-refractivity contribution in [1.29, 1.82) is 0 Å². The Bertz CT molecular complexity index is 450. The molecule has 1 fully saturated rings. The van der Waals surface area contributed by atoms with Crippen molar-refractivity contribution in [2.24, 2.45) is 0 Å². The van der Waals surface area contributed by atoms with Crippen molar-refractivity contribution in [3.63, 3.8) is 0 Å². The van der Waals surface area contributed by atoms with Gasteiger partial charge in [0.2, 0.25) is 5.91 Å². The Kier molecular flexibility index (Phi) is 4.09. The van der Waals surface area contributed by atoms with E-state index in [-0.39, 0.29) is 5.91 Å². The molecular weight excluding hydrogens is 250 g/mol. The van der Waals surface area contributed by atoms with Crippen molar-refractivity contribution in [2.45, 2.75) is 13.0 Å². The Labute approximate surface area is 112 Å². The number of anilines is 1. The molecule has 0 aromatic heterocycles. The standard InChI is InChI=1S/C13H18ClN3O/c1-16-5-2-6-17(9-13(16)18)8-10-3-4-11(14)7-12(10)15/h3-4,7H,2,5-6,8-9,15H2,1H3. The number of amides is 1. The molecule has 1 aliphatic heterocycles. The van der Waals surface area contributed by atoms with E-state index in [2.05, 4.69) is 4.90 Å². The lowest BCUT2D eigenvalue weighted by molar-refractivity contribution is -0.129. The zero-order chi connectivity index (χ0) is 13.1. The molecule has 1 heterocycles. The minimum absolute atomic E-state index is 0.167. The summed E-state index contributed by atoms with van der Waals surface area (Å²) in [6.07, 6.45) is 0.996. The van der Waals surface area contributed by atoms with Crippen LogP contribution in [-0.2, 0) is 11.3 Å². The fraction of sp³-hybridized carbons (Fsp3) is 0.462. The summed E-state index contributed by atoms with van der Waals surface area (Å²) < 4.78 is 0. The Morgan fingerprint density at radius 2 is 2.17 bits per heavy atom. The first-order valence-electron chi connectivity index (χ1n) is 6.06. The number of carbonyl (C=O) groups excluding carboxylic acids is 1. The van der Waals surface area contributed by atoms with Crippen molar-refractivity contribution in [1.82, 2.24) is 9.80 Å². The number of likely N-dealkylation sites (N-methyl/N-ethyl adjacent to an activating group) is 1. The third-order valence-corrected chi connectivity index (χ3v) is 3.49. The summed E-state index contributed by atoms with van der Waals surface area (Å²) in [6, 6.07) is 5.51. The molecule has 1 amide bonds. The number of halogens is 1. The summed E-state index contributed by atoms with van der Waals surface area (Å²) in [5.74, 6) is 0.167. The lowest BCUT2D eigenvalue weighted by Crippen LogP contribution is -2.34. The minimum Gasteiger partial charge on any atom is -0.398 e. The van der Waals surface area contributed by atoms with Gasteiger partial charge in [-0.2, -0.15) is 0 Å². The van der Waals surface area contributed by atoms with Crippen molar-refractivity contribution in [2.75, 3.05) is 32.4 Å². The second-order valence-corrected chi connectivity index (χ2v) is 5.16. The third kappa shape index (κ3) is 3.15. The molecule has 0 aliphatic carbocycles. The molecule has 4 nitrogen and oxygen atoms in total. The summed E-state index contributed by atoms with van der Waals surface area (Å²) in [5, 5.41) is 0.642. The van der Waals surface area contributed by atoms with Gasteiger partial charge < -0.3 is 10.6 Å². The highest BCUT2D eigenvalue weighted by Crippen LogP contribution is 2.20. The van der Waals surface area contributed by atoms with Crippen LogP contribution >= 0.6 is 11.6 Å². The molecule has 1 saturated heterocycles. The van der Waals surface area contributed by atoms with Crippen molar-refractivity contribution >= 4 is 23.2 Å². The molecule has 1 aromatic rings. The maximum Gasteiger partial charge on any atom is 0.236 e. The molecule has 5 heteroatoms. The van der Waals surface area contributed by atoms with Gasteiger partial charge >= 0.3 is 0 Å². The second kappa shape index (κ2) is 5.59. The third-order valence-electron chi connectivity index (χ3n) is 3.25. The molecule has 0 spiro atoms. The first-order valence-corrected chi connectivity index (χ1v) is 6.44. The van der Waals surface area contributed by atoms with Gasteiger partial charge in [-0.05, 0) is 24.1 Å². The van der Waals surface area contributed by atoms with E-state index in [1.165, 1.54) is 0 Å². The van der Waals surface area contributed by atoms with Crippen molar-refractivity contribution < 1.29 is 4.79 Å². The molecular formula is C13H18ClN3O. The van der Waals surface area contributed by atoms with Crippen LogP contribution in [0.25, 0.3) is 0 Å². The van der Waals surface area contributed by atoms with Crippen LogP contribution in [0, 0.1) is 0 Å². The van der Waals surface area contributed by atoms with Gasteiger partial charge in [0.05, 0.1) is 6.54 Å². The maximum absolute atomic E-state index is 11.8. The number of nitrogens with two attached hydrogens (primary N) is 1. The Balaban J connectivity index is 2.06. The molecule has 0 saturated carbocycles. The zero-order valence-corrected chi connectivity index (χ0v) is 11.3. The molecule has 1 aromatic carbocycles. The van der Waals surface area contributed by atoms with E-state index in [0.29, 0.717) is 23.8 Å². The number of hydrogen-bond donors (Lipinski definition) is 1. The first kappa shape index (κ1) is 13.2. The van der Waals surface area contributed by atoms with E-state index in [0.717, 1.165) is 25.1 Å². The van der Waals surface area contributed by atoms with Crippen molar-refractivity contribution in [3.8, 4) is 0 Å². The van der Waals surface area contributed by atoms with Gasteiger partial charge in [0, 0.05) is 37.4 Å². The highest BCUT2D eigenvalue weighted by atomic mass is 35.5. The van der Waals surface area contributed by atoms with Gasteiger partial charge in [-0.15, -0.1) is 0 Å². The Morgan fingerprint density at radius 3 is 2.89 bits per heavy atom. The molecule has 98 valence electrons. The molecule has 2 rings (SSSR count). The summed E-state index contributed by atoms with van der Waals surface area (Å²) in [7, 11) is 1.85. The summed E-state index contributed by atoms with van der Waals surface area (Å²) >= 11 is 5.87. The van der Waals surface area contributed by atoms with Gasteiger partial charge in [-0.25, -0.2) is 0 Å². The second-order valence-electron chi connectivity index (χ2n) is 4.72. The van der Waals surface area contributed by atoms with E-state index < -0.39 is 0 Å². The van der Waals surface area contributed by atoms with E-state index in [1.807, 2.05) is 19.2 Å². The SMILES string of the molecule is CN1CCCN(Cc2ccc(Cl)cc2N)CC1=O. The number of hydrogen-bond acceptors (Lipinski definition) is 3. The zero-order valence-electron chi connectivity index (χ0n) is 10.5. The Hall–Kier alpha value is -1.26. The van der Waals surface area contributed by atoms with Gasteiger partial charge in [-0.1, -0.05) is 17.7 Å². The lowest BCUT2D eigenvalue weighted by atomic mass is 10.1. The topological polar surface area (TPSA) is 49.6 Å². The Morgan fingerprint density at radius 1 is 1.39 bits per heavy atom. The predicted molar refractivity (Wildman–Crippen MR) is 73.4 cm³/mol. The first-order chi connectivity index (χ1) is 8.56. The van der Waals surface area contributed by atoms with Crippen LogP contribution in [0.1, 0.15) is 12.0 Å². The average molecular weight is 268 g/mol. The largest absolute Gasteiger partial charge is 0.398 e. The van der Waals surface area contributed by atoms with Crippen LogP contribution in [0.4, 0.5) is 5.69 Å². The highest BCUT2D eigenvalue weighted by molar-refractivity contribution is 6.30. The fourth-order valence-electron chi connectivity index (χ4n) is 2.13. The van der Waals surface area contributed by atoms with Gasteiger partial charge in [0.15, 0.2) is 0 Å². The van der Waals surface area contributed by atoms with Gasteiger partial charge in [0.25, 0.3) is 0 Å². The maximum atomic E-state index is 11.8. The van der Waals surface area contributed by atoms with Gasteiger partial charge in [-0.3, -0.25) is 9.69 Å². The summed E-state index contributed by atoms with van der Waals surface area (Å²) in [5.41, 5.74) is 7.65. The molecule has 18 heavy (non-hydrogen) atoms. The molecule has 1 aliphatic rings. The van der Waals surface area contributed by atoms with E-state index in [1.54, 1.807) is 11.0 Å². The summed E-state index contributed by atoms with van der Waals surface area (Å²) in [6.45, 7) is 2.89. The molecule has 2 N–H and O–H groups in total.